The van der Waals surface area contributed by atoms with Crippen LogP contribution < -0.4 is 0 Å². The Morgan fingerprint density at radius 1 is 0.543 bits per heavy atom. The van der Waals surface area contributed by atoms with Crippen LogP contribution >= 0.6 is 10.0 Å². The van der Waals surface area contributed by atoms with Crippen LogP contribution in [0.5, 0.6) is 0 Å². The Balaban J connectivity index is 1.86. The van der Waals surface area contributed by atoms with E-state index in [1.165, 1.54) is 30.7 Å². The van der Waals surface area contributed by atoms with Crippen molar-refractivity contribution >= 4 is 10.0 Å². The number of nitriles is 1. The zero-order valence-electron chi connectivity index (χ0n) is 20.0. The molecule has 0 fully saturated rings. The molecule has 0 aliphatic rings. The molecule has 0 aliphatic carbocycles. The van der Waals surface area contributed by atoms with Crippen molar-refractivity contribution in [2.75, 3.05) is 0 Å². The molecular formula is C33H27NS. The summed E-state index contributed by atoms with van der Waals surface area (Å²) in [5, 5.41) is 9.35. The van der Waals surface area contributed by atoms with Crippen LogP contribution in [0, 0.1) is 25.2 Å². The molecule has 0 radical (unpaired) electrons. The average Bonchev–Trinajstić information content (AvgIpc) is 2.91. The van der Waals surface area contributed by atoms with Gasteiger partial charge >= 0.3 is 0 Å². The van der Waals surface area contributed by atoms with Gasteiger partial charge in [0.25, 0.3) is 0 Å². The quantitative estimate of drug-likeness (QED) is 0.252. The van der Waals surface area contributed by atoms with E-state index in [1.54, 1.807) is 0 Å². The predicted molar refractivity (Wildman–Crippen MR) is 146 cm³/mol. The largest absolute Gasteiger partial charge is 0.192 e. The van der Waals surface area contributed by atoms with E-state index in [-0.39, 0.29) is 0 Å². The lowest BCUT2D eigenvalue weighted by Crippen LogP contribution is -2.05. The summed E-state index contributed by atoms with van der Waals surface area (Å²) in [7, 11) is -1.74. The monoisotopic (exact) mass is 469 g/mol. The number of hydrogen-bond acceptors (Lipinski definition) is 1. The lowest BCUT2D eigenvalue weighted by Gasteiger charge is -2.42. The average molecular weight is 470 g/mol. The van der Waals surface area contributed by atoms with E-state index >= 15 is 0 Å². The summed E-state index contributed by atoms with van der Waals surface area (Å²) >= 11 is 0. The summed E-state index contributed by atoms with van der Waals surface area (Å²) in [6.07, 6.45) is 0. The van der Waals surface area contributed by atoms with Crippen LogP contribution in [0.1, 0.15) is 16.7 Å². The van der Waals surface area contributed by atoms with Crippen molar-refractivity contribution in [3.05, 3.63) is 144 Å². The molecule has 1 nitrogen and oxygen atoms in total. The first kappa shape index (κ1) is 22.7. The van der Waals surface area contributed by atoms with Crippen molar-refractivity contribution < 1.29 is 0 Å². The van der Waals surface area contributed by atoms with Crippen LogP contribution in [-0.4, -0.2) is 0 Å². The SMILES string of the molecule is Cc1cc(-c2ccc(C#N)cc2C)cc(S(c2ccccc2)(c2ccccc2)c2ccccc2)c1. The highest BCUT2D eigenvalue weighted by Crippen LogP contribution is 2.73. The molecule has 0 spiro atoms. The first-order chi connectivity index (χ1) is 17.1. The molecule has 0 saturated carbocycles. The molecular weight excluding hydrogens is 442 g/mol. The molecule has 0 heterocycles. The second-order valence-corrected chi connectivity index (χ2v) is 11.8. The van der Waals surface area contributed by atoms with E-state index in [4.69, 9.17) is 0 Å². The van der Waals surface area contributed by atoms with Crippen molar-refractivity contribution in [3.8, 4) is 17.2 Å². The van der Waals surface area contributed by atoms with Crippen LogP contribution in [0.3, 0.4) is 0 Å². The van der Waals surface area contributed by atoms with Gasteiger partial charge in [-0.2, -0.15) is 5.26 Å². The van der Waals surface area contributed by atoms with Crippen molar-refractivity contribution in [1.29, 1.82) is 5.26 Å². The van der Waals surface area contributed by atoms with Gasteiger partial charge < -0.3 is 0 Å². The normalized spacial score (nSPS) is 11.6. The van der Waals surface area contributed by atoms with E-state index in [0.717, 1.165) is 11.1 Å². The Kier molecular flexibility index (Phi) is 6.27. The first-order valence-corrected chi connectivity index (χ1v) is 13.4. The summed E-state index contributed by atoms with van der Waals surface area (Å²) in [5.74, 6) is 0. The van der Waals surface area contributed by atoms with E-state index in [2.05, 4.69) is 135 Å². The number of benzene rings is 5. The Labute approximate surface area is 209 Å². The molecule has 5 aromatic carbocycles. The highest BCUT2D eigenvalue weighted by Gasteiger charge is 2.33. The van der Waals surface area contributed by atoms with Gasteiger partial charge in [0, 0.05) is 19.6 Å². The van der Waals surface area contributed by atoms with E-state index < -0.39 is 10.0 Å². The minimum absolute atomic E-state index is 0.692. The van der Waals surface area contributed by atoms with Crippen molar-refractivity contribution in [2.24, 2.45) is 0 Å². The molecule has 0 N–H and O–H groups in total. The minimum atomic E-state index is -1.74. The van der Waals surface area contributed by atoms with Gasteiger partial charge in [-0.3, -0.25) is 0 Å². The van der Waals surface area contributed by atoms with E-state index in [9.17, 15) is 5.26 Å². The molecule has 170 valence electrons. The summed E-state index contributed by atoms with van der Waals surface area (Å²) in [6.45, 7) is 4.26. The van der Waals surface area contributed by atoms with Gasteiger partial charge in [-0.1, -0.05) is 66.7 Å². The Morgan fingerprint density at radius 3 is 1.51 bits per heavy atom. The maximum Gasteiger partial charge on any atom is 0.0991 e. The third-order valence-electron chi connectivity index (χ3n) is 6.36. The zero-order valence-corrected chi connectivity index (χ0v) is 20.8. The molecule has 0 unspecified atom stereocenters. The number of rotatable bonds is 5. The second-order valence-electron chi connectivity index (χ2n) is 8.73. The zero-order chi connectivity index (χ0) is 24.3. The molecule has 5 rings (SSSR count). The summed E-state index contributed by atoms with van der Waals surface area (Å²) in [5.41, 5.74) is 5.37. The van der Waals surface area contributed by atoms with Gasteiger partial charge in [-0.25, -0.2) is 0 Å². The van der Waals surface area contributed by atoms with Gasteiger partial charge in [0.2, 0.25) is 0 Å². The van der Waals surface area contributed by atoms with Crippen LogP contribution in [0.15, 0.2) is 147 Å². The predicted octanol–water partition coefficient (Wildman–Crippen LogP) is 9.18. The highest BCUT2D eigenvalue weighted by molar-refractivity contribution is 8.34. The molecule has 0 amide bonds. The Morgan fingerprint density at radius 2 is 1.06 bits per heavy atom. The smallest absolute Gasteiger partial charge is 0.0991 e. The lowest BCUT2D eigenvalue weighted by atomic mass is 9.97. The van der Waals surface area contributed by atoms with Crippen LogP contribution in [0.4, 0.5) is 0 Å². The number of nitrogens with zero attached hydrogens (tertiary/aromatic N) is 1. The lowest BCUT2D eigenvalue weighted by molar-refractivity contribution is 1.23. The highest BCUT2D eigenvalue weighted by atomic mass is 32.3. The summed E-state index contributed by atoms with van der Waals surface area (Å²) in [4.78, 5) is 5.24. The molecule has 2 heteroatoms. The summed E-state index contributed by atoms with van der Waals surface area (Å²) in [6, 6.07) is 47.9. The Bertz CT molecular complexity index is 1400. The van der Waals surface area contributed by atoms with Crippen molar-refractivity contribution in [3.63, 3.8) is 0 Å². The van der Waals surface area contributed by atoms with Crippen LogP contribution in [0.25, 0.3) is 11.1 Å². The fraction of sp³-hybridized carbons (Fsp3) is 0.0606. The minimum Gasteiger partial charge on any atom is -0.192 e. The fourth-order valence-electron chi connectivity index (χ4n) is 4.83. The molecule has 0 saturated heterocycles. The fourth-order valence-corrected chi connectivity index (χ4v) is 8.82. The topological polar surface area (TPSA) is 23.8 Å². The second kappa shape index (κ2) is 9.66. The van der Waals surface area contributed by atoms with Crippen LogP contribution in [-0.2, 0) is 0 Å². The first-order valence-electron chi connectivity index (χ1n) is 11.7. The van der Waals surface area contributed by atoms with Crippen molar-refractivity contribution in [1.82, 2.24) is 0 Å². The van der Waals surface area contributed by atoms with Crippen molar-refractivity contribution in [2.45, 2.75) is 33.4 Å². The standard InChI is InChI=1S/C33H27NS/c1-25-20-28(33-19-18-27(24-34)22-26(33)2)23-32(21-25)35(29-12-6-3-7-13-29,30-14-8-4-9-15-30)31-16-10-5-11-17-31/h3-23H,1-2H3. The number of hydrogen-bond donors (Lipinski definition) is 0. The molecule has 0 atom stereocenters. The van der Waals surface area contributed by atoms with Crippen LogP contribution in [0.2, 0.25) is 0 Å². The molecule has 0 bridgehead atoms. The van der Waals surface area contributed by atoms with Gasteiger partial charge in [0.05, 0.1) is 11.6 Å². The van der Waals surface area contributed by atoms with Gasteiger partial charge in [-0.05, 0) is 96.8 Å². The molecule has 35 heavy (non-hydrogen) atoms. The van der Waals surface area contributed by atoms with E-state index in [0.29, 0.717) is 5.56 Å². The van der Waals surface area contributed by atoms with Gasteiger partial charge in [0.15, 0.2) is 0 Å². The molecule has 0 aliphatic heterocycles. The molecule has 0 aromatic heterocycles. The van der Waals surface area contributed by atoms with Gasteiger partial charge in [0.1, 0.15) is 0 Å². The maximum absolute atomic E-state index is 9.35. The molecule has 5 aromatic rings. The number of aryl methyl sites for hydroxylation is 2. The van der Waals surface area contributed by atoms with E-state index in [1.807, 2.05) is 12.1 Å². The third kappa shape index (κ3) is 4.16. The summed E-state index contributed by atoms with van der Waals surface area (Å²) < 4.78 is 0. The maximum atomic E-state index is 9.35. The third-order valence-corrected chi connectivity index (χ3v) is 10.2. The van der Waals surface area contributed by atoms with Gasteiger partial charge in [-0.15, -0.1) is 10.0 Å². The Hall–Kier alpha value is -4.06.